The van der Waals surface area contributed by atoms with E-state index >= 15 is 0 Å². The number of hydrogen-bond acceptors (Lipinski definition) is 2. The number of nitrogens with zero attached hydrogens (tertiary/aromatic N) is 2. The van der Waals surface area contributed by atoms with E-state index in [1.165, 1.54) is 0 Å². The van der Waals surface area contributed by atoms with Gasteiger partial charge in [-0.3, -0.25) is 0 Å². The number of hydrogen-bond donors (Lipinski definition) is 1. The van der Waals surface area contributed by atoms with Gasteiger partial charge in [0, 0.05) is 25.0 Å². The van der Waals surface area contributed by atoms with E-state index in [9.17, 15) is 0 Å². The molecule has 0 aliphatic rings. The van der Waals surface area contributed by atoms with Crippen LogP contribution in [0.1, 0.15) is 24.9 Å². The molecule has 1 heterocycles. The van der Waals surface area contributed by atoms with E-state index in [0.29, 0.717) is 15.1 Å². The molecule has 3 nitrogen and oxygen atoms in total. The molecule has 1 unspecified atom stereocenters. The number of imidazole rings is 1. The molecule has 0 saturated carbocycles. The van der Waals surface area contributed by atoms with E-state index in [0.717, 1.165) is 25.1 Å². The molecule has 2 rings (SSSR count). The first kappa shape index (κ1) is 15.6. The fraction of sp³-hybridized carbons (Fsp3) is 0.357. The Morgan fingerprint density at radius 1 is 1.25 bits per heavy atom. The lowest BCUT2D eigenvalue weighted by Gasteiger charge is -2.17. The highest BCUT2D eigenvalue weighted by Crippen LogP contribution is 2.35. The van der Waals surface area contributed by atoms with Crippen molar-refractivity contribution in [3.05, 3.63) is 51.5 Å². The molecule has 0 amide bonds. The summed E-state index contributed by atoms with van der Waals surface area (Å²) in [5, 5.41) is 4.85. The van der Waals surface area contributed by atoms with Crippen LogP contribution in [-0.2, 0) is 6.54 Å². The van der Waals surface area contributed by atoms with Gasteiger partial charge in [0.2, 0.25) is 0 Å². The van der Waals surface area contributed by atoms with Crippen LogP contribution >= 0.6 is 34.8 Å². The number of aryl methyl sites for hydroxylation is 1. The Bertz CT molecular complexity index is 555. The zero-order valence-corrected chi connectivity index (χ0v) is 13.4. The van der Waals surface area contributed by atoms with Crippen molar-refractivity contribution in [2.24, 2.45) is 0 Å². The third-order valence-electron chi connectivity index (χ3n) is 3.13. The molecule has 0 aliphatic carbocycles. The third-order valence-corrected chi connectivity index (χ3v) is 4.44. The van der Waals surface area contributed by atoms with E-state index in [-0.39, 0.29) is 6.04 Å². The first-order valence-electron chi connectivity index (χ1n) is 6.42. The molecule has 108 valence electrons. The van der Waals surface area contributed by atoms with Gasteiger partial charge in [-0.25, -0.2) is 4.98 Å². The Morgan fingerprint density at radius 3 is 2.75 bits per heavy atom. The van der Waals surface area contributed by atoms with Crippen molar-refractivity contribution in [2.75, 3.05) is 6.54 Å². The number of benzene rings is 1. The summed E-state index contributed by atoms with van der Waals surface area (Å²) in [7, 11) is 0. The van der Waals surface area contributed by atoms with Crippen LogP contribution in [-0.4, -0.2) is 16.1 Å². The minimum atomic E-state index is 0.125. The van der Waals surface area contributed by atoms with Crippen molar-refractivity contribution < 1.29 is 0 Å². The van der Waals surface area contributed by atoms with Gasteiger partial charge in [0.1, 0.15) is 0 Å². The predicted octanol–water partition coefficient (Wildman–Crippen LogP) is 4.58. The summed E-state index contributed by atoms with van der Waals surface area (Å²) in [5.41, 5.74) is 0.962. The zero-order valence-electron chi connectivity index (χ0n) is 11.1. The summed E-state index contributed by atoms with van der Waals surface area (Å²) in [5.74, 6) is 0. The summed E-state index contributed by atoms with van der Waals surface area (Å²) in [6.07, 6.45) is 6.57. The van der Waals surface area contributed by atoms with Crippen LogP contribution in [0.5, 0.6) is 0 Å². The Morgan fingerprint density at radius 2 is 2.05 bits per heavy atom. The molecular formula is C14H16Cl3N3. The van der Waals surface area contributed by atoms with Crippen LogP contribution in [0.3, 0.4) is 0 Å². The lowest BCUT2D eigenvalue weighted by molar-refractivity contribution is 0.527. The van der Waals surface area contributed by atoms with Crippen molar-refractivity contribution in [1.29, 1.82) is 0 Å². The maximum absolute atomic E-state index is 6.22. The van der Waals surface area contributed by atoms with Crippen LogP contribution in [0.25, 0.3) is 0 Å². The quantitative estimate of drug-likeness (QED) is 0.619. The number of nitrogens with one attached hydrogen (secondary N) is 1. The van der Waals surface area contributed by atoms with E-state index in [2.05, 4.69) is 21.8 Å². The molecule has 1 aromatic heterocycles. The minimum absolute atomic E-state index is 0.125. The molecule has 0 spiro atoms. The molecule has 0 radical (unpaired) electrons. The molecule has 6 heteroatoms. The summed E-state index contributed by atoms with van der Waals surface area (Å²) < 4.78 is 2.05. The average Bonchev–Trinajstić information content (AvgIpc) is 2.94. The van der Waals surface area contributed by atoms with Gasteiger partial charge in [0.05, 0.1) is 21.4 Å². The average molecular weight is 333 g/mol. The summed E-state index contributed by atoms with van der Waals surface area (Å²) in [6.45, 7) is 3.88. The molecule has 0 fully saturated rings. The van der Waals surface area contributed by atoms with Gasteiger partial charge in [-0.05, 0) is 31.5 Å². The molecule has 1 N–H and O–H groups in total. The molecule has 0 bridgehead atoms. The normalized spacial score (nSPS) is 12.6. The fourth-order valence-electron chi connectivity index (χ4n) is 1.98. The first-order valence-corrected chi connectivity index (χ1v) is 7.55. The maximum atomic E-state index is 6.22. The lowest BCUT2D eigenvalue weighted by atomic mass is 10.1. The third kappa shape index (κ3) is 3.89. The van der Waals surface area contributed by atoms with Gasteiger partial charge in [0.15, 0.2) is 0 Å². The summed E-state index contributed by atoms with van der Waals surface area (Å²) >= 11 is 18.2. The fourth-order valence-corrected chi connectivity index (χ4v) is 2.69. The molecule has 20 heavy (non-hydrogen) atoms. The van der Waals surface area contributed by atoms with E-state index < -0.39 is 0 Å². The second-order valence-electron chi connectivity index (χ2n) is 4.59. The molecule has 1 atom stereocenters. The number of rotatable bonds is 6. The second kappa shape index (κ2) is 7.32. The minimum Gasteiger partial charge on any atom is -0.337 e. The van der Waals surface area contributed by atoms with E-state index in [4.69, 9.17) is 34.8 Å². The van der Waals surface area contributed by atoms with Crippen LogP contribution < -0.4 is 5.32 Å². The standard InChI is InChI=1S/C14H16Cl3N3/c1-10(11-3-4-12(15)14(17)13(11)16)19-5-2-7-20-8-6-18-9-20/h3-4,6,8-10,19H,2,5,7H2,1H3. The monoisotopic (exact) mass is 331 g/mol. The SMILES string of the molecule is CC(NCCCn1ccnc1)c1ccc(Cl)c(Cl)c1Cl. The van der Waals surface area contributed by atoms with Gasteiger partial charge in [-0.2, -0.15) is 0 Å². The molecule has 0 saturated heterocycles. The summed E-state index contributed by atoms with van der Waals surface area (Å²) in [4.78, 5) is 4.01. The topological polar surface area (TPSA) is 29.9 Å². The zero-order chi connectivity index (χ0) is 14.5. The highest BCUT2D eigenvalue weighted by molar-refractivity contribution is 6.48. The van der Waals surface area contributed by atoms with Gasteiger partial charge >= 0.3 is 0 Å². The van der Waals surface area contributed by atoms with Crippen LogP contribution in [0.15, 0.2) is 30.9 Å². The maximum Gasteiger partial charge on any atom is 0.0945 e. The number of halogens is 3. The molecular weight excluding hydrogens is 317 g/mol. The van der Waals surface area contributed by atoms with Crippen molar-refractivity contribution in [3.63, 3.8) is 0 Å². The molecule has 1 aromatic carbocycles. The Labute approximate surface area is 133 Å². The van der Waals surface area contributed by atoms with Crippen molar-refractivity contribution in [1.82, 2.24) is 14.9 Å². The lowest BCUT2D eigenvalue weighted by Crippen LogP contribution is -2.21. The van der Waals surface area contributed by atoms with Gasteiger partial charge in [0.25, 0.3) is 0 Å². The van der Waals surface area contributed by atoms with Gasteiger partial charge < -0.3 is 9.88 Å². The highest BCUT2D eigenvalue weighted by atomic mass is 35.5. The Hall–Kier alpha value is -0.740. The highest BCUT2D eigenvalue weighted by Gasteiger charge is 2.13. The van der Waals surface area contributed by atoms with Crippen molar-refractivity contribution >= 4 is 34.8 Å². The van der Waals surface area contributed by atoms with Crippen LogP contribution in [0, 0.1) is 0 Å². The van der Waals surface area contributed by atoms with Gasteiger partial charge in [-0.1, -0.05) is 40.9 Å². The molecule has 2 aromatic rings. The van der Waals surface area contributed by atoms with Gasteiger partial charge in [-0.15, -0.1) is 0 Å². The Balaban J connectivity index is 1.85. The largest absolute Gasteiger partial charge is 0.337 e. The Kier molecular flexibility index (Phi) is 5.73. The van der Waals surface area contributed by atoms with E-state index in [1.807, 2.05) is 18.6 Å². The van der Waals surface area contributed by atoms with Crippen LogP contribution in [0.4, 0.5) is 0 Å². The predicted molar refractivity (Wildman–Crippen MR) is 84.7 cm³/mol. The van der Waals surface area contributed by atoms with Crippen LogP contribution in [0.2, 0.25) is 15.1 Å². The first-order chi connectivity index (χ1) is 9.59. The van der Waals surface area contributed by atoms with Crippen molar-refractivity contribution in [3.8, 4) is 0 Å². The van der Waals surface area contributed by atoms with E-state index in [1.54, 1.807) is 12.3 Å². The number of aromatic nitrogens is 2. The summed E-state index contributed by atoms with van der Waals surface area (Å²) in [6, 6.07) is 3.80. The molecule has 0 aliphatic heterocycles. The van der Waals surface area contributed by atoms with Crippen molar-refractivity contribution in [2.45, 2.75) is 25.9 Å². The second-order valence-corrected chi connectivity index (χ2v) is 5.76. The smallest absolute Gasteiger partial charge is 0.0945 e.